The Morgan fingerprint density at radius 1 is 0.629 bits per heavy atom. The highest BCUT2D eigenvalue weighted by Crippen LogP contribution is 2.26. The molecule has 2 atom stereocenters. The highest BCUT2D eigenvalue weighted by molar-refractivity contribution is 5.71. The van der Waals surface area contributed by atoms with Gasteiger partial charge in [-0.3, -0.25) is 37.8 Å². The van der Waals surface area contributed by atoms with Crippen LogP contribution >= 0.6 is 0 Å². The summed E-state index contributed by atoms with van der Waals surface area (Å²) < 4.78 is 22.1. The number of rotatable bonds is 18. The highest BCUT2D eigenvalue weighted by Gasteiger charge is 2.26. The molecule has 0 fully saturated rings. The average Bonchev–Trinajstić information content (AvgIpc) is 3.89. The van der Waals surface area contributed by atoms with Crippen LogP contribution in [0.15, 0.2) is 95.3 Å². The van der Waals surface area contributed by atoms with E-state index >= 15 is 0 Å². The van der Waals surface area contributed by atoms with E-state index in [9.17, 15) is 24.3 Å². The number of carbonyl (C=O) groups is 2. The molecule has 6 aromatic heterocycles. The Morgan fingerprint density at radius 3 is 1.47 bits per heavy atom. The molecular formula is C54H72N8O8. The normalized spacial score (nSPS) is 13.7. The number of hydrogen-bond donors (Lipinski definition) is 1. The van der Waals surface area contributed by atoms with Gasteiger partial charge in [0.05, 0.1) is 39.1 Å². The Labute approximate surface area is 411 Å². The van der Waals surface area contributed by atoms with Crippen molar-refractivity contribution in [2.75, 3.05) is 14.2 Å². The molecular weight excluding hydrogens is 889 g/mol. The molecule has 0 radical (unpaired) electrons. The smallest absolute Gasteiger partial charge is 0.328 e. The summed E-state index contributed by atoms with van der Waals surface area (Å²) in [7, 11) is 3.06. The molecule has 8 rings (SSSR count). The number of aromatic nitrogens is 8. The number of pyridine rings is 4. The van der Waals surface area contributed by atoms with E-state index in [1.807, 2.05) is 26.8 Å². The fourth-order valence-corrected chi connectivity index (χ4v) is 8.94. The zero-order chi connectivity index (χ0) is 48.2. The molecule has 6 aromatic rings. The maximum absolute atomic E-state index is 13.3. The molecule has 70 heavy (non-hydrogen) atoms. The first kappa shape index (κ1) is 54.1. The molecule has 0 bridgehead atoms. The number of esters is 1. The minimum absolute atomic E-state index is 0. The lowest BCUT2D eigenvalue weighted by Crippen LogP contribution is -2.31. The van der Waals surface area contributed by atoms with Crippen molar-refractivity contribution in [1.82, 2.24) is 38.2 Å². The summed E-state index contributed by atoms with van der Waals surface area (Å²) >= 11 is 0. The molecule has 0 saturated carbocycles. The van der Waals surface area contributed by atoms with Gasteiger partial charge in [0.25, 0.3) is 0 Å². The number of hydrogen-bond acceptors (Lipinski definition) is 11. The summed E-state index contributed by atoms with van der Waals surface area (Å²) in [6.07, 6.45) is 22.3. The molecule has 376 valence electrons. The van der Waals surface area contributed by atoms with Gasteiger partial charge >= 0.3 is 23.3 Å². The van der Waals surface area contributed by atoms with E-state index in [1.165, 1.54) is 59.9 Å². The molecule has 2 aliphatic rings. The molecule has 0 aromatic carbocycles. The van der Waals surface area contributed by atoms with Crippen LogP contribution in [0.25, 0.3) is 0 Å². The van der Waals surface area contributed by atoms with Gasteiger partial charge in [-0.05, 0) is 132 Å². The van der Waals surface area contributed by atoms with Crippen molar-refractivity contribution in [2.24, 2.45) is 0 Å². The second-order valence-corrected chi connectivity index (χ2v) is 18.5. The number of aryl methyl sites for hydroxylation is 8. The fourth-order valence-electron chi connectivity index (χ4n) is 8.94. The SMILES string of the molecule is C.C.COc1ccc(C(CC(=O)O)n2ccn(CCCc3ccc4c(n3)CCCC4)c2=O)cn1.COc1ccc(C(CC(=O)OC(C)(C)C)n2ccn(CCCc3ccc4c(n3)CCCC4)c2=O)cn1. The Hall–Kier alpha value is -6.84. The fraction of sp³-hybridized carbons (Fsp3) is 0.481. The maximum Gasteiger partial charge on any atom is 0.328 e. The third-order valence-electron chi connectivity index (χ3n) is 12.4. The largest absolute Gasteiger partial charge is 0.481 e. The lowest BCUT2D eigenvalue weighted by atomic mass is 9.95. The number of fused-ring (bicyclic) bond motifs is 2. The van der Waals surface area contributed by atoms with Crippen molar-refractivity contribution >= 4 is 11.9 Å². The van der Waals surface area contributed by atoms with E-state index in [-0.39, 0.29) is 45.0 Å². The van der Waals surface area contributed by atoms with Crippen LogP contribution < -0.4 is 20.9 Å². The van der Waals surface area contributed by atoms with Crippen molar-refractivity contribution in [3.63, 3.8) is 0 Å². The number of aliphatic carboxylic acids is 1. The molecule has 0 amide bonds. The van der Waals surface area contributed by atoms with E-state index in [4.69, 9.17) is 24.2 Å². The number of carbonyl (C=O) groups excluding carboxylic acids is 1. The van der Waals surface area contributed by atoms with Gasteiger partial charge in [-0.15, -0.1) is 0 Å². The average molecular weight is 961 g/mol. The number of imidazole rings is 2. The molecule has 1 N–H and O–H groups in total. The molecule has 16 nitrogen and oxygen atoms in total. The Morgan fingerprint density at radius 2 is 1.07 bits per heavy atom. The van der Waals surface area contributed by atoms with Gasteiger partial charge in [-0.2, -0.15) is 0 Å². The van der Waals surface area contributed by atoms with Crippen molar-refractivity contribution in [1.29, 1.82) is 0 Å². The van der Waals surface area contributed by atoms with E-state index in [0.717, 1.165) is 68.3 Å². The second kappa shape index (κ2) is 25.1. The number of methoxy groups -OCH3 is 2. The van der Waals surface area contributed by atoms with Crippen LogP contribution in [0.4, 0.5) is 0 Å². The lowest BCUT2D eigenvalue weighted by molar-refractivity contribution is -0.155. The number of carboxylic acid groups (broad SMARTS) is 1. The molecule has 0 saturated heterocycles. The van der Waals surface area contributed by atoms with Crippen LogP contribution in [0.3, 0.4) is 0 Å². The molecule has 0 spiro atoms. The van der Waals surface area contributed by atoms with Gasteiger partial charge < -0.3 is 19.3 Å². The Bertz CT molecular complexity index is 2750. The quantitative estimate of drug-likeness (QED) is 0.0810. The van der Waals surface area contributed by atoms with Crippen LogP contribution in [-0.4, -0.2) is 75.1 Å². The molecule has 6 heterocycles. The molecule has 2 unspecified atom stereocenters. The number of ether oxygens (including phenoxy) is 3. The third kappa shape index (κ3) is 14.4. The van der Waals surface area contributed by atoms with Crippen LogP contribution in [0.5, 0.6) is 11.8 Å². The summed E-state index contributed by atoms with van der Waals surface area (Å²) in [5, 5.41) is 9.38. The lowest BCUT2D eigenvalue weighted by Gasteiger charge is -2.23. The van der Waals surface area contributed by atoms with E-state index in [2.05, 4.69) is 34.2 Å². The number of carboxylic acids is 1. The van der Waals surface area contributed by atoms with E-state index in [1.54, 1.807) is 76.2 Å². The van der Waals surface area contributed by atoms with Crippen molar-refractivity contribution in [3.8, 4) is 11.8 Å². The standard InChI is InChI=1S/C28H36N4O4.C24H28N4O4.2CH4/c1-28(2,3)36-26(33)18-24(21-12-14-25(35-4)29-19-21)32-17-16-31(27(32)34)15-7-9-22-13-11-20-8-5-6-10-23(20)30-22;1-32-22-11-9-18(16-25-22)21(15-23(29)30)28-14-13-27(24(28)31)12-4-6-19-10-8-17-5-2-3-7-20(17)26-19;;/h11-14,16-17,19,24H,5-10,15,18H2,1-4H3;8-11,13-14,16,21H,2-7,12,15H2,1H3,(H,29,30);2*1H4. The van der Waals surface area contributed by atoms with Gasteiger partial charge in [-0.25, -0.2) is 19.6 Å². The van der Waals surface area contributed by atoms with Gasteiger partial charge in [0, 0.05) is 85.2 Å². The van der Waals surface area contributed by atoms with Gasteiger partial charge in [-0.1, -0.05) is 39.1 Å². The van der Waals surface area contributed by atoms with Crippen LogP contribution in [0.1, 0.15) is 144 Å². The molecule has 0 aliphatic heterocycles. The predicted octanol–water partition coefficient (Wildman–Crippen LogP) is 8.58. The minimum atomic E-state index is -0.982. The Kier molecular flexibility index (Phi) is 19.4. The van der Waals surface area contributed by atoms with Crippen LogP contribution in [0, 0.1) is 0 Å². The minimum Gasteiger partial charge on any atom is -0.481 e. The number of nitrogens with zero attached hydrogens (tertiary/aromatic N) is 8. The highest BCUT2D eigenvalue weighted by atomic mass is 16.6. The topological polar surface area (TPSA) is 187 Å². The zero-order valence-electron chi connectivity index (χ0n) is 39.9. The van der Waals surface area contributed by atoms with Crippen molar-refractivity contribution in [3.05, 3.63) is 152 Å². The monoisotopic (exact) mass is 961 g/mol. The van der Waals surface area contributed by atoms with E-state index < -0.39 is 23.7 Å². The summed E-state index contributed by atoms with van der Waals surface area (Å²) in [5.41, 5.74) is 7.72. The first-order valence-corrected chi connectivity index (χ1v) is 23.7. The maximum atomic E-state index is 13.3. The van der Waals surface area contributed by atoms with Crippen LogP contribution in [0.2, 0.25) is 0 Å². The van der Waals surface area contributed by atoms with E-state index in [0.29, 0.717) is 30.4 Å². The summed E-state index contributed by atoms with van der Waals surface area (Å²) in [5.74, 6) is -0.454. The summed E-state index contributed by atoms with van der Waals surface area (Å²) in [6.45, 7) is 6.61. The second-order valence-electron chi connectivity index (χ2n) is 18.5. The summed E-state index contributed by atoms with van der Waals surface area (Å²) in [4.78, 5) is 68.6. The Balaban J connectivity index is 0.000000255. The summed E-state index contributed by atoms with van der Waals surface area (Å²) in [6, 6.07) is 14.4. The van der Waals surface area contributed by atoms with Gasteiger partial charge in [0.15, 0.2) is 0 Å². The van der Waals surface area contributed by atoms with Crippen molar-refractivity contribution < 1.29 is 28.9 Å². The molecule has 16 heteroatoms. The van der Waals surface area contributed by atoms with Crippen LogP contribution in [-0.2, 0) is 65.9 Å². The van der Waals surface area contributed by atoms with Gasteiger partial charge in [0.2, 0.25) is 11.8 Å². The third-order valence-corrected chi connectivity index (χ3v) is 12.4. The first-order valence-electron chi connectivity index (χ1n) is 23.7. The predicted molar refractivity (Wildman–Crippen MR) is 270 cm³/mol. The zero-order valence-corrected chi connectivity index (χ0v) is 39.9. The van der Waals surface area contributed by atoms with Crippen molar-refractivity contribution in [2.45, 2.75) is 156 Å². The first-order chi connectivity index (χ1) is 32.8. The van der Waals surface area contributed by atoms with Gasteiger partial charge in [0.1, 0.15) is 5.60 Å². The molecule has 2 aliphatic carbocycles.